The van der Waals surface area contributed by atoms with E-state index in [0.29, 0.717) is 6.54 Å². The molecule has 0 aromatic heterocycles. The standard InChI is InChI=1S/C16H16N2O/c1-11-5-4-6-12(9-11)10-17-15-13-7-2-3-8-14(13)18-16(15)19/h2-9,15,17H,10H2,1H3,(H,18,19). The molecule has 0 fully saturated rings. The molecule has 0 spiro atoms. The summed E-state index contributed by atoms with van der Waals surface area (Å²) in [5, 5.41) is 6.21. The van der Waals surface area contributed by atoms with Crippen LogP contribution in [0, 0.1) is 6.92 Å². The highest BCUT2D eigenvalue weighted by Gasteiger charge is 2.29. The molecule has 0 bridgehead atoms. The molecule has 1 aliphatic heterocycles. The molecule has 96 valence electrons. The monoisotopic (exact) mass is 252 g/mol. The molecule has 0 saturated heterocycles. The summed E-state index contributed by atoms with van der Waals surface area (Å²) in [5.41, 5.74) is 4.36. The van der Waals surface area contributed by atoms with Gasteiger partial charge in [0, 0.05) is 17.8 Å². The van der Waals surface area contributed by atoms with Crippen molar-refractivity contribution in [2.75, 3.05) is 5.32 Å². The fraction of sp³-hybridized carbons (Fsp3) is 0.188. The maximum atomic E-state index is 11.9. The predicted octanol–water partition coefficient (Wildman–Crippen LogP) is 2.78. The molecule has 0 radical (unpaired) electrons. The summed E-state index contributed by atoms with van der Waals surface area (Å²) in [6.45, 7) is 2.76. The van der Waals surface area contributed by atoms with Crippen molar-refractivity contribution in [3.8, 4) is 0 Å². The van der Waals surface area contributed by atoms with Crippen molar-refractivity contribution in [1.82, 2.24) is 5.32 Å². The van der Waals surface area contributed by atoms with E-state index in [4.69, 9.17) is 0 Å². The van der Waals surface area contributed by atoms with Gasteiger partial charge in [-0.1, -0.05) is 48.0 Å². The molecular formula is C16H16N2O. The molecule has 1 unspecified atom stereocenters. The third-order valence-corrected chi connectivity index (χ3v) is 3.38. The summed E-state index contributed by atoms with van der Waals surface area (Å²) >= 11 is 0. The number of hydrogen-bond donors (Lipinski definition) is 2. The lowest BCUT2D eigenvalue weighted by atomic mass is 10.1. The summed E-state index contributed by atoms with van der Waals surface area (Å²) < 4.78 is 0. The van der Waals surface area contributed by atoms with E-state index in [1.807, 2.05) is 30.3 Å². The first-order chi connectivity index (χ1) is 9.24. The van der Waals surface area contributed by atoms with Crippen LogP contribution in [0.1, 0.15) is 22.7 Å². The zero-order chi connectivity index (χ0) is 13.2. The number of aryl methyl sites for hydroxylation is 1. The molecule has 2 N–H and O–H groups in total. The van der Waals surface area contributed by atoms with E-state index in [-0.39, 0.29) is 11.9 Å². The zero-order valence-electron chi connectivity index (χ0n) is 10.8. The van der Waals surface area contributed by atoms with E-state index in [0.717, 1.165) is 11.3 Å². The van der Waals surface area contributed by atoms with Gasteiger partial charge >= 0.3 is 0 Å². The smallest absolute Gasteiger partial charge is 0.246 e. The number of benzene rings is 2. The van der Waals surface area contributed by atoms with Crippen molar-refractivity contribution in [3.05, 3.63) is 65.2 Å². The van der Waals surface area contributed by atoms with Crippen LogP contribution in [0.5, 0.6) is 0 Å². The molecule has 0 saturated carbocycles. The summed E-state index contributed by atoms with van der Waals surface area (Å²) in [6, 6.07) is 15.9. The van der Waals surface area contributed by atoms with Gasteiger partial charge in [-0.2, -0.15) is 0 Å². The van der Waals surface area contributed by atoms with Crippen LogP contribution in [-0.4, -0.2) is 5.91 Å². The highest BCUT2D eigenvalue weighted by Crippen LogP contribution is 2.30. The number of carbonyl (C=O) groups excluding carboxylic acids is 1. The van der Waals surface area contributed by atoms with Gasteiger partial charge in [-0.25, -0.2) is 0 Å². The minimum absolute atomic E-state index is 0.0221. The second-order valence-corrected chi connectivity index (χ2v) is 4.88. The van der Waals surface area contributed by atoms with E-state index in [1.165, 1.54) is 11.1 Å². The fourth-order valence-electron chi connectivity index (χ4n) is 2.45. The minimum atomic E-state index is -0.253. The van der Waals surface area contributed by atoms with Gasteiger partial charge in [0.2, 0.25) is 5.91 Å². The van der Waals surface area contributed by atoms with Crippen LogP contribution in [0.25, 0.3) is 0 Å². The first kappa shape index (κ1) is 11.9. The Bertz CT molecular complexity index is 622. The summed E-state index contributed by atoms with van der Waals surface area (Å²) in [7, 11) is 0. The molecule has 3 heteroatoms. The number of hydrogen-bond acceptors (Lipinski definition) is 2. The number of anilines is 1. The van der Waals surface area contributed by atoms with E-state index >= 15 is 0 Å². The molecule has 1 atom stereocenters. The Morgan fingerprint density at radius 2 is 2.00 bits per heavy atom. The third kappa shape index (κ3) is 2.37. The normalized spacial score (nSPS) is 17.1. The van der Waals surface area contributed by atoms with Gasteiger partial charge in [-0.15, -0.1) is 0 Å². The van der Waals surface area contributed by atoms with E-state index in [2.05, 4.69) is 35.8 Å². The lowest BCUT2D eigenvalue weighted by molar-refractivity contribution is -0.117. The Balaban J connectivity index is 1.75. The number of rotatable bonds is 3. The van der Waals surface area contributed by atoms with Crippen LogP contribution in [0.2, 0.25) is 0 Å². The molecule has 1 heterocycles. The van der Waals surface area contributed by atoms with Gasteiger partial charge in [0.15, 0.2) is 0 Å². The van der Waals surface area contributed by atoms with Crippen molar-refractivity contribution >= 4 is 11.6 Å². The third-order valence-electron chi connectivity index (χ3n) is 3.38. The quantitative estimate of drug-likeness (QED) is 0.882. The van der Waals surface area contributed by atoms with Gasteiger partial charge in [-0.3, -0.25) is 10.1 Å². The van der Waals surface area contributed by atoms with Crippen molar-refractivity contribution in [1.29, 1.82) is 0 Å². The van der Waals surface area contributed by atoms with Crippen LogP contribution in [0.3, 0.4) is 0 Å². The number of amides is 1. The minimum Gasteiger partial charge on any atom is -0.324 e. The number of carbonyl (C=O) groups is 1. The highest BCUT2D eigenvalue weighted by atomic mass is 16.2. The van der Waals surface area contributed by atoms with E-state index in [1.54, 1.807) is 0 Å². The van der Waals surface area contributed by atoms with Gasteiger partial charge in [0.1, 0.15) is 6.04 Å². The molecule has 2 aromatic carbocycles. The van der Waals surface area contributed by atoms with Gasteiger partial charge in [0.05, 0.1) is 0 Å². The lowest BCUT2D eigenvalue weighted by Gasteiger charge is -2.11. The molecule has 3 nitrogen and oxygen atoms in total. The van der Waals surface area contributed by atoms with Crippen molar-refractivity contribution in [2.24, 2.45) is 0 Å². The Labute approximate surface area is 112 Å². The number of fused-ring (bicyclic) bond motifs is 1. The van der Waals surface area contributed by atoms with Crippen LogP contribution in [-0.2, 0) is 11.3 Å². The first-order valence-electron chi connectivity index (χ1n) is 6.43. The fourth-order valence-corrected chi connectivity index (χ4v) is 2.45. The molecule has 1 amide bonds. The van der Waals surface area contributed by atoms with Crippen molar-refractivity contribution < 1.29 is 4.79 Å². The zero-order valence-corrected chi connectivity index (χ0v) is 10.8. The SMILES string of the molecule is Cc1cccc(CNC2C(=O)Nc3ccccc32)c1. The molecule has 3 rings (SSSR count). The van der Waals surface area contributed by atoms with Gasteiger partial charge in [0.25, 0.3) is 0 Å². The largest absolute Gasteiger partial charge is 0.324 e. The first-order valence-corrected chi connectivity index (χ1v) is 6.43. The molecule has 1 aliphatic rings. The van der Waals surface area contributed by atoms with Crippen LogP contribution < -0.4 is 10.6 Å². The van der Waals surface area contributed by atoms with Crippen LogP contribution in [0.4, 0.5) is 5.69 Å². The maximum absolute atomic E-state index is 11.9. The van der Waals surface area contributed by atoms with Gasteiger partial charge in [-0.05, 0) is 18.6 Å². The van der Waals surface area contributed by atoms with Crippen LogP contribution in [0.15, 0.2) is 48.5 Å². The predicted molar refractivity (Wildman–Crippen MR) is 75.8 cm³/mol. The van der Waals surface area contributed by atoms with E-state index < -0.39 is 0 Å². The van der Waals surface area contributed by atoms with Crippen molar-refractivity contribution in [3.63, 3.8) is 0 Å². The van der Waals surface area contributed by atoms with Gasteiger partial charge < -0.3 is 5.32 Å². The Hall–Kier alpha value is -2.13. The second-order valence-electron chi connectivity index (χ2n) is 4.88. The van der Waals surface area contributed by atoms with E-state index in [9.17, 15) is 4.79 Å². The molecule has 2 aromatic rings. The molecule has 19 heavy (non-hydrogen) atoms. The maximum Gasteiger partial charge on any atom is 0.246 e. The summed E-state index contributed by atoms with van der Waals surface area (Å²) in [5.74, 6) is 0.0221. The average molecular weight is 252 g/mol. The molecule has 0 aliphatic carbocycles. The van der Waals surface area contributed by atoms with Crippen LogP contribution >= 0.6 is 0 Å². The second kappa shape index (κ2) is 4.86. The Kier molecular flexibility index (Phi) is 3.05. The summed E-state index contributed by atoms with van der Waals surface area (Å²) in [6.07, 6.45) is 0. The Morgan fingerprint density at radius 1 is 1.16 bits per heavy atom. The Morgan fingerprint density at radius 3 is 2.84 bits per heavy atom. The topological polar surface area (TPSA) is 41.1 Å². The average Bonchev–Trinajstić information content (AvgIpc) is 2.72. The summed E-state index contributed by atoms with van der Waals surface area (Å²) in [4.78, 5) is 11.9. The highest BCUT2D eigenvalue weighted by molar-refractivity contribution is 6.02. The number of nitrogens with one attached hydrogen (secondary N) is 2. The van der Waals surface area contributed by atoms with Crippen molar-refractivity contribution in [2.45, 2.75) is 19.5 Å². The molecular weight excluding hydrogens is 236 g/mol. The lowest BCUT2D eigenvalue weighted by Crippen LogP contribution is -2.27. The number of para-hydroxylation sites is 1.